The first kappa shape index (κ1) is 13.8. The summed E-state index contributed by atoms with van der Waals surface area (Å²) in [6.07, 6.45) is 0. The van der Waals surface area contributed by atoms with E-state index < -0.39 is 5.60 Å². The van der Waals surface area contributed by atoms with Gasteiger partial charge >= 0.3 is 0 Å². The predicted octanol–water partition coefficient (Wildman–Crippen LogP) is 2.90. The fourth-order valence-corrected chi connectivity index (χ4v) is 1.37. The lowest BCUT2D eigenvalue weighted by atomic mass is 9.92. The van der Waals surface area contributed by atoms with Crippen molar-refractivity contribution in [2.45, 2.75) is 33.3 Å². The lowest BCUT2D eigenvalue weighted by Gasteiger charge is -2.28. The number of nitrogens with one attached hydrogen (secondary N) is 1. The van der Waals surface area contributed by atoms with Gasteiger partial charge in [0.05, 0.1) is 17.9 Å². The Balaban J connectivity index is 2.69. The van der Waals surface area contributed by atoms with E-state index in [4.69, 9.17) is 4.74 Å². The maximum Gasteiger partial charge on any atom is 0.142 e. The second kappa shape index (κ2) is 5.92. The van der Waals surface area contributed by atoms with Gasteiger partial charge in [-0.2, -0.15) is 0 Å². The highest BCUT2D eigenvalue weighted by Gasteiger charge is 2.24. The predicted molar refractivity (Wildman–Crippen MR) is 71.6 cm³/mol. The zero-order valence-corrected chi connectivity index (χ0v) is 11.2. The van der Waals surface area contributed by atoms with E-state index in [0.717, 1.165) is 11.4 Å². The maximum absolute atomic E-state index is 10.2. The minimum Gasteiger partial charge on any atom is -0.492 e. The van der Waals surface area contributed by atoms with E-state index in [2.05, 4.69) is 5.32 Å². The van der Waals surface area contributed by atoms with Crippen LogP contribution in [0.15, 0.2) is 24.3 Å². The van der Waals surface area contributed by atoms with Gasteiger partial charge in [0.1, 0.15) is 5.75 Å². The van der Waals surface area contributed by atoms with Gasteiger partial charge in [-0.1, -0.05) is 26.0 Å². The number of para-hydroxylation sites is 2. The summed E-state index contributed by atoms with van der Waals surface area (Å²) in [5.41, 5.74) is 0.203. The van der Waals surface area contributed by atoms with E-state index in [0.29, 0.717) is 13.2 Å². The maximum atomic E-state index is 10.2. The molecule has 0 aliphatic carbocycles. The smallest absolute Gasteiger partial charge is 0.142 e. The molecule has 1 rings (SSSR count). The highest BCUT2D eigenvalue weighted by atomic mass is 16.5. The number of rotatable bonds is 6. The van der Waals surface area contributed by atoms with Gasteiger partial charge in [-0.3, -0.25) is 0 Å². The molecule has 3 heteroatoms. The minimum absolute atomic E-state index is 0.203. The first-order valence-corrected chi connectivity index (χ1v) is 6.15. The fraction of sp³-hybridized carbons (Fsp3) is 0.571. The lowest BCUT2D eigenvalue weighted by molar-refractivity contribution is 0.0266. The van der Waals surface area contributed by atoms with Crippen molar-refractivity contribution in [1.82, 2.24) is 0 Å². The van der Waals surface area contributed by atoms with Gasteiger partial charge in [-0.25, -0.2) is 0 Å². The third-order valence-corrected chi connectivity index (χ3v) is 3.07. The summed E-state index contributed by atoms with van der Waals surface area (Å²) in [5.74, 6) is 1.03. The Hall–Kier alpha value is -1.22. The van der Waals surface area contributed by atoms with E-state index in [1.165, 1.54) is 0 Å². The van der Waals surface area contributed by atoms with Gasteiger partial charge in [0.2, 0.25) is 0 Å². The highest BCUT2D eigenvalue weighted by molar-refractivity contribution is 5.56. The average molecular weight is 237 g/mol. The monoisotopic (exact) mass is 237 g/mol. The van der Waals surface area contributed by atoms with Crippen molar-refractivity contribution >= 4 is 5.69 Å². The number of hydrogen-bond donors (Lipinski definition) is 2. The van der Waals surface area contributed by atoms with Gasteiger partial charge in [-0.05, 0) is 31.9 Å². The summed E-state index contributed by atoms with van der Waals surface area (Å²) in [4.78, 5) is 0. The van der Waals surface area contributed by atoms with Crippen molar-refractivity contribution in [3.05, 3.63) is 24.3 Å². The molecule has 0 spiro atoms. The number of aliphatic hydroxyl groups is 1. The molecular formula is C14H23NO2. The van der Waals surface area contributed by atoms with Gasteiger partial charge in [0, 0.05) is 6.54 Å². The molecule has 0 heterocycles. The molecule has 1 aromatic carbocycles. The molecule has 0 radical (unpaired) electrons. The van der Waals surface area contributed by atoms with Crippen molar-refractivity contribution in [2.24, 2.45) is 5.92 Å². The Morgan fingerprint density at radius 2 is 2.00 bits per heavy atom. The topological polar surface area (TPSA) is 41.5 Å². The molecular weight excluding hydrogens is 214 g/mol. The summed E-state index contributed by atoms with van der Waals surface area (Å²) < 4.78 is 5.52. The quantitative estimate of drug-likeness (QED) is 0.799. The highest BCUT2D eigenvalue weighted by Crippen LogP contribution is 2.25. The lowest BCUT2D eigenvalue weighted by Crippen LogP contribution is -2.38. The van der Waals surface area contributed by atoms with Gasteiger partial charge in [0.25, 0.3) is 0 Å². The SMILES string of the molecule is CCOc1ccccc1NCC(C)(O)C(C)C. The zero-order valence-electron chi connectivity index (χ0n) is 11.2. The molecule has 3 nitrogen and oxygen atoms in total. The summed E-state index contributed by atoms with van der Waals surface area (Å²) in [5, 5.41) is 13.4. The number of hydrogen-bond acceptors (Lipinski definition) is 3. The van der Waals surface area contributed by atoms with Crippen molar-refractivity contribution in [2.75, 3.05) is 18.5 Å². The molecule has 2 N–H and O–H groups in total. The first-order valence-electron chi connectivity index (χ1n) is 6.15. The van der Waals surface area contributed by atoms with E-state index in [1.54, 1.807) is 0 Å². The molecule has 0 aromatic heterocycles. The summed E-state index contributed by atoms with van der Waals surface area (Å²) >= 11 is 0. The van der Waals surface area contributed by atoms with Crippen molar-refractivity contribution in [1.29, 1.82) is 0 Å². The molecule has 1 atom stereocenters. The van der Waals surface area contributed by atoms with Crippen LogP contribution in [0.5, 0.6) is 5.75 Å². The van der Waals surface area contributed by atoms with Gasteiger partial charge in [0.15, 0.2) is 0 Å². The van der Waals surface area contributed by atoms with Gasteiger partial charge in [-0.15, -0.1) is 0 Å². The van der Waals surface area contributed by atoms with Crippen LogP contribution in [0.25, 0.3) is 0 Å². The third kappa shape index (κ3) is 3.93. The van der Waals surface area contributed by atoms with Crippen molar-refractivity contribution in [3.63, 3.8) is 0 Å². The second-order valence-electron chi connectivity index (χ2n) is 4.79. The van der Waals surface area contributed by atoms with E-state index in [-0.39, 0.29) is 5.92 Å². The molecule has 0 saturated heterocycles. The van der Waals surface area contributed by atoms with E-state index >= 15 is 0 Å². The standard InChI is InChI=1S/C14H23NO2/c1-5-17-13-9-7-6-8-12(13)15-10-14(4,16)11(2)3/h6-9,11,15-16H,5,10H2,1-4H3. The first-order chi connectivity index (χ1) is 7.97. The Morgan fingerprint density at radius 3 is 2.59 bits per heavy atom. The third-order valence-electron chi connectivity index (χ3n) is 3.07. The fourth-order valence-electron chi connectivity index (χ4n) is 1.37. The van der Waals surface area contributed by atoms with E-state index in [9.17, 15) is 5.11 Å². The number of anilines is 1. The van der Waals surface area contributed by atoms with Crippen LogP contribution in [0.4, 0.5) is 5.69 Å². The second-order valence-corrected chi connectivity index (χ2v) is 4.79. The molecule has 17 heavy (non-hydrogen) atoms. The van der Waals surface area contributed by atoms with E-state index in [1.807, 2.05) is 52.0 Å². The molecule has 0 aliphatic heterocycles. The normalized spacial score (nSPS) is 14.5. The number of ether oxygens (including phenoxy) is 1. The van der Waals surface area contributed by atoms with Crippen LogP contribution in [-0.4, -0.2) is 23.9 Å². The zero-order chi connectivity index (χ0) is 12.9. The Bertz CT molecular complexity index is 348. The largest absolute Gasteiger partial charge is 0.492 e. The van der Waals surface area contributed by atoms with Crippen molar-refractivity contribution in [3.8, 4) is 5.75 Å². The van der Waals surface area contributed by atoms with Crippen LogP contribution in [0.2, 0.25) is 0 Å². The molecule has 0 aliphatic rings. The molecule has 0 fully saturated rings. The molecule has 0 amide bonds. The van der Waals surface area contributed by atoms with Crippen LogP contribution in [0.1, 0.15) is 27.7 Å². The van der Waals surface area contributed by atoms with Gasteiger partial charge < -0.3 is 15.2 Å². The van der Waals surface area contributed by atoms with Crippen LogP contribution in [-0.2, 0) is 0 Å². The number of benzene rings is 1. The Kier molecular flexibility index (Phi) is 4.82. The van der Waals surface area contributed by atoms with Crippen LogP contribution in [0, 0.1) is 5.92 Å². The molecule has 96 valence electrons. The average Bonchev–Trinajstić information content (AvgIpc) is 2.28. The molecule has 0 bridgehead atoms. The summed E-state index contributed by atoms with van der Waals surface area (Å²) in [6, 6.07) is 7.78. The minimum atomic E-state index is -0.723. The Morgan fingerprint density at radius 1 is 1.35 bits per heavy atom. The van der Waals surface area contributed by atoms with Crippen molar-refractivity contribution < 1.29 is 9.84 Å². The molecule has 1 aromatic rings. The summed E-state index contributed by atoms with van der Waals surface area (Å²) in [7, 11) is 0. The molecule has 0 saturated carbocycles. The van der Waals surface area contributed by atoms with Crippen LogP contribution in [0.3, 0.4) is 0 Å². The molecule has 1 unspecified atom stereocenters. The van der Waals surface area contributed by atoms with Crippen LogP contribution >= 0.6 is 0 Å². The van der Waals surface area contributed by atoms with Crippen LogP contribution < -0.4 is 10.1 Å². The summed E-state index contributed by atoms with van der Waals surface area (Å²) in [6.45, 7) is 8.97. The Labute approximate surface area is 104 Å².